The maximum Gasteiger partial charge on any atom is 0.193 e. The predicted molar refractivity (Wildman–Crippen MR) is 118 cm³/mol. The number of thiophene rings is 1. The molecule has 6 heteroatoms. The first kappa shape index (κ1) is 20.9. The van der Waals surface area contributed by atoms with Gasteiger partial charge in [0.25, 0.3) is 0 Å². The van der Waals surface area contributed by atoms with E-state index >= 15 is 0 Å². The zero-order chi connectivity index (χ0) is 19.6. The highest BCUT2D eigenvalue weighted by Gasteiger charge is 2.26. The van der Waals surface area contributed by atoms with Gasteiger partial charge in [0.1, 0.15) is 5.76 Å². The van der Waals surface area contributed by atoms with Crippen molar-refractivity contribution in [3.05, 3.63) is 46.5 Å². The Morgan fingerprint density at radius 1 is 1.29 bits per heavy atom. The Balaban J connectivity index is 1.55. The number of rotatable bonds is 10. The number of nitrogens with zero attached hydrogens (tertiary/aromatic N) is 3. The van der Waals surface area contributed by atoms with Crippen LogP contribution in [-0.4, -0.2) is 61.6 Å². The normalized spacial score (nSPS) is 17.6. The first-order chi connectivity index (χ1) is 13.8. The van der Waals surface area contributed by atoms with Crippen LogP contribution in [0.3, 0.4) is 0 Å². The van der Waals surface area contributed by atoms with Crippen molar-refractivity contribution in [2.75, 3.05) is 45.8 Å². The van der Waals surface area contributed by atoms with E-state index in [0.29, 0.717) is 0 Å². The summed E-state index contributed by atoms with van der Waals surface area (Å²) >= 11 is 1.81. The second-order valence-corrected chi connectivity index (χ2v) is 8.41. The summed E-state index contributed by atoms with van der Waals surface area (Å²) in [6, 6.07) is 8.29. The van der Waals surface area contributed by atoms with Crippen LogP contribution in [0.2, 0.25) is 0 Å². The van der Waals surface area contributed by atoms with Crippen LogP contribution in [0.25, 0.3) is 0 Å². The lowest BCUT2D eigenvalue weighted by atomic mass is 10.1. The van der Waals surface area contributed by atoms with Gasteiger partial charge in [-0.2, -0.15) is 0 Å². The zero-order valence-corrected chi connectivity index (χ0v) is 18.1. The summed E-state index contributed by atoms with van der Waals surface area (Å²) in [6.07, 6.45) is 4.88. The third-order valence-corrected chi connectivity index (χ3v) is 6.37. The summed E-state index contributed by atoms with van der Waals surface area (Å²) in [4.78, 5) is 11.3. The molecule has 0 radical (unpaired) electrons. The molecule has 1 N–H and O–H groups in total. The van der Waals surface area contributed by atoms with E-state index in [0.717, 1.165) is 69.7 Å². The van der Waals surface area contributed by atoms with Crippen LogP contribution in [0.1, 0.15) is 30.9 Å². The topological polar surface area (TPSA) is 44.0 Å². The minimum atomic E-state index is 0.731. The van der Waals surface area contributed by atoms with E-state index in [1.807, 2.05) is 23.5 Å². The summed E-state index contributed by atoms with van der Waals surface area (Å²) in [5, 5.41) is 5.73. The number of nitrogens with one attached hydrogen (secondary N) is 1. The van der Waals surface area contributed by atoms with E-state index in [1.165, 1.54) is 17.8 Å². The molecule has 0 saturated carbocycles. The molecule has 5 nitrogen and oxygen atoms in total. The van der Waals surface area contributed by atoms with Crippen LogP contribution >= 0.6 is 11.3 Å². The largest absolute Gasteiger partial charge is 0.469 e. The van der Waals surface area contributed by atoms with Crippen molar-refractivity contribution in [2.24, 2.45) is 10.9 Å². The van der Waals surface area contributed by atoms with Gasteiger partial charge in [0.2, 0.25) is 0 Å². The standard InChI is InChI=1S/C22H34N4OS/c1-3-25(4-2)17-19-11-14-26(18-19)22(23-12-9-20-7-5-15-27-20)24-13-10-21-8-6-16-28-21/h5-8,15-16,19H,3-4,9-14,17-18H2,1-2H3,(H,23,24). The molecule has 2 aromatic heterocycles. The van der Waals surface area contributed by atoms with Crippen LogP contribution < -0.4 is 5.32 Å². The van der Waals surface area contributed by atoms with E-state index < -0.39 is 0 Å². The van der Waals surface area contributed by atoms with E-state index in [4.69, 9.17) is 9.41 Å². The van der Waals surface area contributed by atoms with E-state index in [9.17, 15) is 0 Å². The number of furan rings is 1. The molecule has 1 aliphatic heterocycles. The van der Waals surface area contributed by atoms with Crippen molar-refractivity contribution in [2.45, 2.75) is 33.1 Å². The second kappa shape index (κ2) is 11.3. The lowest BCUT2D eigenvalue weighted by Gasteiger charge is -2.24. The zero-order valence-electron chi connectivity index (χ0n) is 17.3. The van der Waals surface area contributed by atoms with Crippen molar-refractivity contribution in [1.82, 2.24) is 15.1 Å². The SMILES string of the molecule is CCN(CC)CC1CCN(C(=NCCc2cccs2)NCCc2ccco2)C1. The molecule has 3 rings (SSSR count). The van der Waals surface area contributed by atoms with E-state index in [1.54, 1.807) is 6.26 Å². The molecule has 1 fully saturated rings. The molecular formula is C22H34N4OS. The van der Waals surface area contributed by atoms with Gasteiger partial charge in [-0.25, -0.2) is 0 Å². The number of hydrogen-bond donors (Lipinski definition) is 1. The molecule has 1 unspecified atom stereocenters. The maximum atomic E-state index is 5.46. The smallest absolute Gasteiger partial charge is 0.193 e. The predicted octanol–water partition coefficient (Wildman–Crippen LogP) is 3.74. The quantitative estimate of drug-likeness (QED) is 0.486. The third kappa shape index (κ3) is 6.38. The van der Waals surface area contributed by atoms with E-state index in [2.05, 4.69) is 46.5 Å². The van der Waals surface area contributed by atoms with Crippen LogP contribution in [0.15, 0.2) is 45.3 Å². The first-order valence-electron chi connectivity index (χ1n) is 10.6. The van der Waals surface area contributed by atoms with Gasteiger partial charge >= 0.3 is 0 Å². The molecule has 1 atom stereocenters. The summed E-state index contributed by atoms with van der Waals surface area (Å²) in [5.41, 5.74) is 0. The monoisotopic (exact) mass is 402 g/mol. The minimum Gasteiger partial charge on any atom is -0.469 e. The highest BCUT2D eigenvalue weighted by molar-refractivity contribution is 7.09. The summed E-state index contributed by atoms with van der Waals surface area (Å²) < 4.78 is 5.46. The fraction of sp³-hybridized carbons (Fsp3) is 0.591. The second-order valence-electron chi connectivity index (χ2n) is 7.38. The first-order valence-corrected chi connectivity index (χ1v) is 11.5. The highest BCUT2D eigenvalue weighted by Crippen LogP contribution is 2.18. The van der Waals surface area contributed by atoms with Gasteiger partial charge < -0.3 is 19.5 Å². The van der Waals surface area contributed by atoms with Gasteiger partial charge in [0, 0.05) is 50.4 Å². The average Bonchev–Trinajstić information content (AvgIpc) is 3.47. The van der Waals surface area contributed by atoms with Crippen LogP contribution in [0.5, 0.6) is 0 Å². The molecule has 1 saturated heterocycles. The van der Waals surface area contributed by atoms with Crippen LogP contribution in [0, 0.1) is 5.92 Å². The van der Waals surface area contributed by atoms with Crippen LogP contribution in [-0.2, 0) is 12.8 Å². The Kier molecular flexibility index (Phi) is 8.42. The fourth-order valence-electron chi connectivity index (χ4n) is 3.77. The molecular weight excluding hydrogens is 368 g/mol. The van der Waals surface area contributed by atoms with Gasteiger partial charge in [-0.15, -0.1) is 11.3 Å². The molecule has 2 aromatic rings. The minimum absolute atomic E-state index is 0.731. The molecule has 0 bridgehead atoms. The fourth-order valence-corrected chi connectivity index (χ4v) is 4.47. The molecule has 28 heavy (non-hydrogen) atoms. The van der Waals surface area contributed by atoms with Crippen LogP contribution in [0.4, 0.5) is 0 Å². The van der Waals surface area contributed by atoms with E-state index in [-0.39, 0.29) is 0 Å². The Morgan fingerprint density at radius 2 is 2.18 bits per heavy atom. The average molecular weight is 403 g/mol. The van der Waals surface area contributed by atoms with Gasteiger partial charge in [-0.3, -0.25) is 4.99 Å². The number of guanidine groups is 1. The van der Waals surface area contributed by atoms with Crippen molar-refractivity contribution in [1.29, 1.82) is 0 Å². The molecule has 0 spiro atoms. The Morgan fingerprint density at radius 3 is 2.89 bits per heavy atom. The summed E-state index contributed by atoms with van der Waals surface area (Å²) in [6.45, 7) is 11.8. The maximum absolute atomic E-state index is 5.46. The number of likely N-dealkylation sites (tertiary alicyclic amines) is 1. The summed E-state index contributed by atoms with van der Waals surface area (Å²) in [7, 11) is 0. The molecule has 0 aliphatic carbocycles. The molecule has 154 valence electrons. The molecule has 1 aliphatic rings. The Bertz CT molecular complexity index is 679. The molecule has 3 heterocycles. The number of aliphatic imine (C=N–C) groups is 1. The summed E-state index contributed by atoms with van der Waals surface area (Å²) in [5.74, 6) is 2.81. The molecule has 0 amide bonds. The van der Waals surface area contributed by atoms with Crippen molar-refractivity contribution >= 4 is 17.3 Å². The van der Waals surface area contributed by atoms with Crippen molar-refractivity contribution < 1.29 is 4.42 Å². The number of hydrogen-bond acceptors (Lipinski definition) is 4. The van der Waals surface area contributed by atoms with Gasteiger partial charge in [-0.05, 0) is 49.0 Å². The third-order valence-electron chi connectivity index (χ3n) is 5.43. The lowest BCUT2D eigenvalue weighted by Crippen LogP contribution is -2.42. The highest BCUT2D eigenvalue weighted by atomic mass is 32.1. The van der Waals surface area contributed by atoms with Gasteiger partial charge in [0.15, 0.2) is 5.96 Å². The Labute approximate surface area is 173 Å². The Hall–Kier alpha value is -1.79. The lowest BCUT2D eigenvalue weighted by molar-refractivity contribution is 0.255. The van der Waals surface area contributed by atoms with Crippen molar-refractivity contribution in [3.63, 3.8) is 0 Å². The van der Waals surface area contributed by atoms with Gasteiger partial charge in [0.05, 0.1) is 6.26 Å². The molecule has 0 aromatic carbocycles. The van der Waals surface area contributed by atoms with Gasteiger partial charge in [-0.1, -0.05) is 19.9 Å². The van der Waals surface area contributed by atoms with Crippen molar-refractivity contribution in [3.8, 4) is 0 Å².